The molecule has 0 aliphatic carbocycles. The van der Waals surface area contributed by atoms with Crippen LogP contribution in [0.4, 0.5) is 5.69 Å². The van der Waals surface area contributed by atoms with E-state index in [1.54, 1.807) is 23.5 Å². The summed E-state index contributed by atoms with van der Waals surface area (Å²) >= 11 is 1.54. The second-order valence-corrected chi connectivity index (χ2v) is 11.6. The summed E-state index contributed by atoms with van der Waals surface area (Å²) in [6.45, 7) is 4.73. The van der Waals surface area contributed by atoms with Crippen LogP contribution in [0.3, 0.4) is 0 Å². The summed E-state index contributed by atoms with van der Waals surface area (Å²) in [7, 11) is 0. The fourth-order valence-corrected chi connectivity index (χ4v) is 6.48. The number of fused-ring (bicyclic) bond motifs is 1. The SMILES string of the molecule is O=C(NC1CCN(Cc2ccncc2)CC1)c1cc2cc(OC3CCN(c4ccc(O)cc4)CC3)ccc2s1. The quantitative estimate of drug-likeness (QED) is 0.324. The van der Waals surface area contributed by atoms with E-state index in [4.69, 9.17) is 4.74 Å². The second-order valence-electron chi connectivity index (χ2n) is 10.5. The molecular formula is C31H34N4O3S. The first-order chi connectivity index (χ1) is 19.1. The number of anilines is 1. The molecule has 39 heavy (non-hydrogen) atoms. The number of aromatic hydroxyl groups is 1. The van der Waals surface area contributed by atoms with Crippen molar-refractivity contribution in [2.75, 3.05) is 31.1 Å². The minimum atomic E-state index is 0.0212. The maximum Gasteiger partial charge on any atom is 0.261 e. The predicted octanol–water partition coefficient (Wildman–Crippen LogP) is 5.44. The van der Waals surface area contributed by atoms with Gasteiger partial charge in [-0.3, -0.25) is 14.7 Å². The fraction of sp³-hybridized carbons (Fsp3) is 0.355. The maximum atomic E-state index is 13.1. The molecule has 2 aliphatic heterocycles. The number of rotatable bonds is 7. The largest absolute Gasteiger partial charge is 0.508 e. The van der Waals surface area contributed by atoms with Crippen LogP contribution in [0.2, 0.25) is 0 Å². The van der Waals surface area contributed by atoms with Gasteiger partial charge in [0.25, 0.3) is 5.91 Å². The Balaban J connectivity index is 0.999. The normalized spacial score (nSPS) is 17.4. The van der Waals surface area contributed by atoms with E-state index in [1.807, 2.05) is 36.7 Å². The van der Waals surface area contributed by atoms with Gasteiger partial charge in [-0.05, 0) is 84.5 Å². The fourth-order valence-electron chi connectivity index (χ4n) is 5.53. The van der Waals surface area contributed by atoms with Gasteiger partial charge in [-0.1, -0.05) is 0 Å². The number of likely N-dealkylation sites (tertiary alicyclic amines) is 1. The van der Waals surface area contributed by atoms with Crippen molar-refractivity contribution in [3.63, 3.8) is 0 Å². The zero-order valence-electron chi connectivity index (χ0n) is 22.0. The molecule has 0 atom stereocenters. The lowest BCUT2D eigenvalue weighted by Gasteiger charge is -2.33. The van der Waals surface area contributed by atoms with Crippen molar-refractivity contribution >= 4 is 33.0 Å². The first kappa shape index (κ1) is 25.6. The number of hydrogen-bond donors (Lipinski definition) is 2. The van der Waals surface area contributed by atoms with Gasteiger partial charge in [0, 0.05) is 74.4 Å². The molecule has 7 nitrogen and oxygen atoms in total. The van der Waals surface area contributed by atoms with Crippen molar-refractivity contribution in [2.45, 2.75) is 44.4 Å². The monoisotopic (exact) mass is 542 g/mol. The van der Waals surface area contributed by atoms with Crippen molar-refractivity contribution in [1.29, 1.82) is 0 Å². The smallest absolute Gasteiger partial charge is 0.261 e. The highest BCUT2D eigenvalue weighted by molar-refractivity contribution is 7.20. The zero-order chi connectivity index (χ0) is 26.6. The number of amides is 1. The van der Waals surface area contributed by atoms with Crippen LogP contribution < -0.4 is 15.0 Å². The molecule has 1 amide bonds. The molecule has 2 saturated heterocycles. The van der Waals surface area contributed by atoms with E-state index in [0.29, 0.717) is 5.75 Å². The number of phenolic OH excluding ortho intramolecular Hbond substituents is 1. The minimum Gasteiger partial charge on any atom is -0.508 e. The van der Waals surface area contributed by atoms with Crippen LogP contribution >= 0.6 is 11.3 Å². The van der Waals surface area contributed by atoms with Gasteiger partial charge in [-0.2, -0.15) is 0 Å². The van der Waals surface area contributed by atoms with Gasteiger partial charge in [-0.15, -0.1) is 11.3 Å². The zero-order valence-corrected chi connectivity index (χ0v) is 22.8. The van der Waals surface area contributed by atoms with Crippen molar-refractivity contribution < 1.29 is 14.6 Å². The first-order valence-electron chi connectivity index (χ1n) is 13.8. The Morgan fingerprint density at radius 2 is 1.69 bits per heavy atom. The summed E-state index contributed by atoms with van der Waals surface area (Å²) in [5, 5.41) is 13.8. The van der Waals surface area contributed by atoms with Gasteiger partial charge in [0.15, 0.2) is 0 Å². The molecule has 4 heterocycles. The van der Waals surface area contributed by atoms with Crippen LogP contribution in [0.25, 0.3) is 10.1 Å². The molecule has 4 aromatic rings. The maximum absolute atomic E-state index is 13.1. The summed E-state index contributed by atoms with van der Waals surface area (Å²) in [4.78, 5) is 22.7. The molecule has 2 aliphatic rings. The van der Waals surface area contributed by atoms with Gasteiger partial charge in [0.2, 0.25) is 0 Å². The molecule has 2 fully saturated rings. The first-order valence-corrected chi connectivity index (χ1v) is 14.6. The Labute approximate surface area is 233 Å². The number of aromatic nitrogens is 1. The number of thiophene rings is 1. The lowest BCUT2D eigenvalue weighted by atomic mass is 10.0. The van der Waals surface area contributed by atoms with E-state index in [0.717, 1.165) is 84.8 Å². The van der Waals surface area contributed by atoms with Crippen LogP contribution in [0.5, 0.6) is 11.5 Å². The average molecular weight is 543 g/mol. The standard InChI is InChI=1S/C31H34N4O3S/c36-26-3-1-25(2-4-26)35-17-11-27(12-18-35)38-28-5-6-29-23(19-28)20-30(39-29)31(37)33-24-9-15-34(16-10-24)21-22-7-13-32-14-8-22/h1-8,13-14,19-20,24,27,36H,9-12,15-18,21H2,(H,33,37). The summed E-state index contributed by atoms with van der Waals surface area (Å²) < 4.78 is 7.44. The summed E-state index contributed by atoms with van der Waals surface area (Å²) in [5.41, 5.74) is 2.41. The third-order valence-corrected chi connectivity index (χ3v) is 8.86. The molecule has 202 valence electrons. The summed E-state index contributed by atoms with van der Waals surface area (Å²) in [5.74, 6) is 1.17. The van der Waals surface area contributed by atoms with E-state index in [9.17, 15) is 9.90 Å². The number of benzene rings is 2. The molecule has 0 bridgehead atoms. The Bertz CT molecular complexity index is 1390. The van der Waals surface area contributed by atoms with Gasteiger partial charge >= 0.3 is 0 Å². The molecule has 6 rings (SSSR count). The number of phenols is 1. The number of carbonyl (C=O) groups is 1. The van der Waals surface area contributed by atoms with Crippen molar-refractivity contribution in [2.24, 2.45) is 0 Å². The topological polar surface area (TPSA) is 77.9 Å². The number of nitrogens with zero attached hydrogens (tertiary/aromatic N) is 3. The molecule has 0 radical (unpaired) electrons. The molecule has 2 aromatic heterocycles. The Hall–Kier alpha value is -3.62. The highest BCUT2D eigenvalue weighted by Crippen LogP contribution is 2.31. The Morgan fingerprint density at radius 1 is 0.949 bits per heavy atom. The average Bonchev–Trinajstić information content (AvgIpc) is 3.39. The van der Waals surface area contributed by atoms with E-state index in [-0.39, 0.29) is 18.1 Å². The molecule has 2 N–H and O–H groups in total. The highest BCUT2D eigenvalue weighted by atomic mass is 32.1. The molecule has 0 spiro atoms. The van der Waals surface area contributed by atoms with Crippen LogP contribution in [0, 0.1) is 0 Å². The molecular weight excluding hydrogens is 508 g/mol. The van der Waals surface area contributed by atoms with Crippen LogP contribution in [-0.4, -0.2) is 59.2 Å². The number of hydrogen-bond acceptors (Lipinski definition) is 7. The van der Waals surface area contributed by atoms with Gasteiger partial charge in [0.1, 0.15) is 17.6 Å². The molecule has 2 aromatic carbocycles. The summed E-state index contributed by atoms with van der Waals surface area (Å²) in [6, 6.07) is 19.9. The lowest BCUT2D eigenvalue weighted by molar-refractivity contribution is 0.0913. The third-order valence-electron chi connectivity index (χ3n) is 7.75. The van der Waals surface area contributed by atoms with Crippen LogP contribution in [0.15, 0.2) is 73.1 Å². The number of pyridine rings is 1. The third kappa shape index (κ3) is 6.34. The minimum absolute atomic E-state index is 0.0212. The number of nitrogens with one attached hydrogen (secondary N) is 1. The number of ether oxygens (including phenoxy) is 1. The van der Waals surface area contributed by atoms with E-state index in [1.165, 1.54) is 5.56 Å². The van der Waals surface area contributed by atoms with Gasteiger partial charge < -0.3 is 20.1 Å². The van der Waals surface area contributed by atoms with Crippen molar-refractivity contribution in [1.82, 2.24) is 15.2 Å². The molecule has 8 heteroatoms. The van der Waals surface area contributed by atoms with Crippen molar-refractivity contribution in [3.8, 4) is 11.5 Å². The number of carbonyl (C=O) groups excluding carboxylic acids is 1. The van der Waals surface area contributed by atoms with E-state index in [2.05, 4.69) is 44.4 Å². The van der Waals surface area contributed by atoms with Crippen molar-refractivity contribution in [3.05, 3.63) is 83.5 Å². The lowest BCUT2D eigenvalue weighted by Crippen LogP contribution is -2.44. The highest BCUT2D eigenvalue weighted by Gasteiger charge is 2.23. The van der Waals surface area contributed by atoms with E-state index >= 15 is 0 Å². The predicted molar refractivity (Wildman–Crippen MR) is 156 cm³/mol. The van der Waals surface area contributed by atoms with Crippen LogP contribution in [0.1, 0.15) is 40.9 Å². The van der Waals surface area contributed by atoms with Gasteiger partial charge in [0.05, 0.1) is 4.88 Å². The Kier molecular flexibility index (Phi) is 7.65. The van der Waals surface area contributed by atoms with Gasteiger partial charge in [-0.25, -0.2) is 0 Å². The number of piperidine rings is 2. The second kappa shape index (κ2) is 11.6. The van der Waals surface area contributed by atoms with Crippen LogP contribution in [-0.2, 0) is 6.54 Å². The Morgan fingerprint density at radius 3 is 2.44 bits per heavy atom. The molecule has 0 unspecified atom stereocenters. The molecule has 0 saturated carbocycles. The summed E-state index contributed by atoms with van der Waals surface area (Å²) in [6.07, 6.45) is 7.66. The van der Waals surface area contributed by atoms with E-state index < -0.39 is 0 Å².